The highest BCUT2D eigenvalue weighted by molar-refractivity contribution is 7.91. The van der Waals surface area contributed by atoms with E-state index in [1.165, 1.54) is 0 Å². The first kappa shape index (κ1) is 17.2. The molecule has 8 nitrogen and oxygen atoms in total. The summed E-state index contributed by atoms with van der Waals surface area (Å²) < 4.78 is 31.3. The van der Waals surface area contributed by atoms with E-state index in [9.17, 15) is 13.2 Å². The number of aromatic nitrogens is 2. The lowest BCUT2D eigenvalue weighted by Crippen LogP contribution is -2.51. The molecule has 0 aromatic carbocycles. The lowest BCUT2D eigenvalue weighted by molar-refractivity contribution is 0.0175. The van der Waals surface area contributed by atoms with Crippen LogP contribution in [0.3, 0.4) is 0 Å². The summed E-state index contributed by atoms with van der Waals surface area (Å²) >= 11 is 0. The molecule has 0 bridgehead atoms. The van der Waals surface area contributed by atoms with Crippen molar-refractivity contribution >= 4 is 15.9 Å². The summed E-state index contributed by atoms with van der Waals surface area (Å²) in [6.45, 7) is 1.39. The zero-order valence-corrected chi connectivity index (χ0v) is 14.7. The van der Waals surface area contributed by atoms with E-state index >= 15 is 0 Å². The van der Waals surface area contributed by atoms with Crippen LogP contribution in [0.5, 0.6) is 0 Å². The highest BCUT2D eigenvalue weighted by Gasteiger charge is 2.36. The first-order valence-corrected chi connectivity index (χ1v) is 10.1. The number of nitrogens with zero attached hydrogens (tertiary/aromatic N) is 3. The summed E-state index contributed by atoms with van der Waals surface area (Å²) in [7, 11) is -1.39. The largest absolute Gasteiger partial charge is 0.376 e. The number of urea groups is 1. The fraction of sp³-hybridized carbons (Fsp3) is 0.733. The lowest BCUT2D eigenvalue weighted by Gasteiger charge is -2.35. The van der Waals surface area contributed by atoms with Crippen molar-refractivity contribution in [1.29, 1.82) is 0 Å². The van der Waals surface area contributed by atoms with Gasteiger partial charge in [-0.2, -0.15) is 5.10 Å². The summed E-state index contributed by atoms with van der Waals surface area (Å²) in [5.41, 5.74) is 0.741. The predicted octanol–water partition coefficient (Wildman–Crippen LogP) is 0.470. The minimum absolute atomic E-state index is 0.00287. The molecule has 0 aliphatic carbocycles. The van der Waals surface area contributed by atoms with Gasteiger partial charge in [-0.15, -0.1) is 0 Å². The van der Waals surface area contributed by atoms with Crippen molar-refractivity contribution in [2.45, 2.75) is 31.4 Å². The van der Waals surface area contributed by atoms with Gasteiger partial charge >= 0.3 is 6.03 Å². The summed E-state index contributed by atoms with van der Waals surface area (Å²) in [4.78, 5) is 14.2. The van der Waals surface area contributed by atoms with Gasteiger partial charge in [0.2, 0.25) is 0 Å². The van der Waals surface area contributed by atoms with Crippen LogP contribution in [0.2, 0.25) is 0 Å². The number of rotatable bonds is 3. The monoisotopic (exact) mass is 356 g/mol. The van der Waals surface area contributed by atoms with E-state index in [0.717, 1.165) is 31.4 Å². The molecular formula is C15H24N4O4S. The van der Waals surface area contributed by atoms with Crippen LogP contribution < -0.4 is 5.32 Å². The average molecular weight is 356 g/mol. The van der Waals surface area contributed by atoms with E-state index in [1.807, 2.05) is 0 Å². The first-order chi connectivity index (χ1) is 11.4. The highest BCUT2D eigenvalue weighted by Crippen LogP contribution is 2.26. The van der Waals surface area contributed by atoms with Crippen molar-refractivity contribution in [3.05, 3.63) is 18.0 Å². The van der Waals surface area contributed by atoms with E-state index in [1.54, 1.807) is 29.0 Å². The van der Waals surface area contributed by atoms with Crippen LogP contribution in [0.25, 0.3) is 0 Å². The smallest absolute Gasteiger partial charge is 0.318 e. The van der Waals surface area contributed by atoms with Crippen LogP contribution >= 0.6 is 0 Å². The van der Waals surface area contributed by atoms with Gasteiger partial charge in [0, 0.05) is 38.5 Å². The molecule has 2 amide bonds. The van der Waals surface area contributed by atoms with Crippen molar-refractivity contribution in [2.75, 3.05) is 31.2 Å². The molecule has 1 aromatic rings. The second-order valence-electron chi connectivity index (χ2n) is 6.45. The summed E-state index contributed by atoms with van der Waals surface area (Å²) in [5, 5.41) is 6.99. The number of carbonyl (C=O) groups excluding carboxylic acids is 1. The van der Waals surface area contributed by atoms with Gasteiger partial charge in [-0.05, 0) is 19.3 Å². The minimum atomic E-state index is -3.16. The van der Waals surface area contributed by atoms with Crippen molar-refractivity contribution in [3.63, 3.8) is 0 Å². The molecule has 2 aliphatic rings. The molecule has 0 radical (unpaired) electrons. The quantitative estimate of drug-likeness (QED) is 0.850. The van der Waals surface area contributed by atoms with Crippen LogP contribution in [0, 0.1) is 0 Å². The number of aryl methyl sites for hydroxylation is 1. The Morgan fingerprint density at radius 2 is 2.29 bits per heavy atom. The van der Waals surface area contributed by atoms with Gasteiger partial charge in [0.1, 0.15) is 0 Å². The van der Waals surface area contributed by atoms with E-state index in [0.29, 0.717) is 6.54 Å². The Bertz CT molecular complexity index is 681. The van der Waals surface area contributed by atoms with Gasteiger partial charge in [0.05, 0.1) is 29.8 Å². The second-order valence-corrected chi connectivity index (χ2v) is 8.67. The number of sulfone groups is 1. The Kier molecular flexibility index (Phi) is 5.09. The van der Waals surface area contributed by atoms with Crippen LogP contribution in [-0.4, -0.2) is 66.4 Å². The highest BCUT2D eigenvalue weighted by atomic mass is 32.2. The van der Waals surface area contributed by atoms with Crippen molar-refractivity contribution in [2.24, 2.45) is 7.05 Å². The van der Waals surface area contributed by atoms with E-state index in [4.69, 9.17) is 4.74 Å². The number of amides is 2. The molecule has 24 heavy (non-hydrogen) atoms. The topological polar surface area (TPSA) is 93.5 Å². The molecule has 2 aliphatic heterocycles. The molecule has 1 aromatic heterocycles. The Morgan fingerprint density at radius 3 is 2.96 bits per heavy atom. The number of nitrogens with one attached hydrogen (secondary N) is 1. The Labute approximate surface area is 142 Å². The van der Waals surface area contributed by atoms with Crippen molar-refractivity contribution < 1.29 is 17.9 Å². The summed E-state index contributed by atoms with van der Waals surface area (Å²) in [6, 6.07) is -0.738. The third-order valence-electron chi connectivity index (χ3n) is 4.56. The zero-order valence-electron chi connectivity index (χ0n) is 13.8. The maximum atomic E-state index is 12.6. The molecule has 1 N–H and O–H groups in total. The van der Waals surface area contributed by atoms with Gasteiger partial charge < -0.3 is 15.0 Å². The Morgan fingerprint density at radius 1 is 1.46 bits per heavy atom. The van der Waals surface area contributed by atoms with Crippen LogP contribution in [0.1, 0.15) is 30.9 Å². The normalized spacial score (nSPS) is 27.0. The maximum absolute atomic E-state index is 12.6. The number of ether oxygens (including phenoxy) is 1. The standard InChI is InChI=1S/C15H24N4O4S/c1-18-10-12(8-17-18)14-11-24(21,22)7-5-19(14)15(20)16-9-13-4-2-3-6-23-13/h8,10,13-14H,2-7,9,11H2,1H3,(H,16,20)/t13-,14+/m1/s1. The molecule has 3 heterocycles. The van der Waals surface area contributed by atoms with Crippen LogP contribution in [0.4, 0.5) is 4.79 Å². The molecule has 2 atom stereocenters. The van der Waals surface area contributed by atoms with Gasteiger partial charge in [-0.1, -0.05) is 0 Å². The van der Waals surface area contributed by atoms with Gasteiger partial charge in [-0.3, -0.25) is 4.68 Å². The molecular weight excluding hydrogens is 332 g/mol. The van der Waals surface area contributed by atoms with E-state index in [2.05, 4.69) is 10.4 Å². The Balaban J connectivity index is 1.67. The molecule has 2 saturated heterocycles. The Hall–Kier alpha value is -1.61. The third-order valence-corrected chi connectivity index (χ3v) is 6.18. The average Bonchev–Trinajstić information content (AvgIpc) is 2.99. The fourth-order valence-electron chi connectivity index (χ4n) is 3.21. The van der Waals surface area contributed by atoms with Gasteiger partial charge in [-0.25, -0.2) is 13.2 Å². The summed E-state index contributed by atoms with van der Waals surface area (Å²) in [5.74, 6) is -0.0663. The zero-order chi connectivity index (χ0) is 17.2. The lowest BCUT2D eigenvalue weighted by atomic mass is 10.1. The van der Waals surface area contributed by atoms with Crippen molar-refractivity contribution in [1.82, 2.24) is 20.0 Å². The summed E-state index contributed by atoms with van der Waals surface area (Å²) in [6.07, 6.45) is 6.55. The second kappa shape index (κ2) is 7.10. The minimum Gasteiger partial charge on any atom is -0.376 e. The van der Waals surface area contributed by atoms with Crippen LogP contribution in [-0.2, 0) is 21.6 Å². The molecule has 3 rings (SSSR count). The number of hydrogen-bond acceptors (Lipinski definition) is 5. The first-order valence-electron chi connectivity index (χ1n) is 8.30. The fourth-order valence-corrected chi connectivity index (χ4v) is 4.70. The predicted molar refractivity (Wildman–Crippen MR) is 88.3 cm³/mol. The van der Waals surface area contributed by atoms with Gasteiger partial charge in [0.15, 0.2) is 9.84 Å². The van der Waals surface area contributed by atoms with Crippen molar-refractivity contribution in [3.8, 4) is 0 Å². The molecule has 0 unspecified atom stereocenters. The third kappa shape index (κ3) is 4.07. The van der Waals surface area contributed by atoms with Gasteiger partial charge in [0.25, 0.3) is 0 Å². The molecule has 9 heteroatoms. The molecule has 0 spiro atoms. The SMILES string of the molecule is Cn1cc([C@@H]2CS(=O)(=O)CCN2C(=O)NC[C@H]2CCCCO2)cn1. The number of carbonyl (C=O) groups is 1. The number of hydrogen-bond donors (Lipinski definition) is 1. The van der Waals surface area contributed by atoms with E-state index < -0.39 is 15.9 Å². The molecule has 134 valence electrons. The van der Waals surface area contributed by atoms with Crippen LogP contribution in [0.15, 0.2) is 12.4 Å². The van der Waals surface area contributed by atoms with E-state index in [-0.39, 0.29) is 30.2 Å². The molecule has 2 fully saturated rings. The molecule has 0 saturated carbocycles. The maximum Gasteiger partial charge on any atom is 0.318 e.